The van der Waals surface area contributed by atoms with E-state index in [4.69, 9.17) is 8.83 Å². The zero-order valence-corrected chi connectivity index (χ0v) is 28.7. The van der Waals surface area contributed by atoms with Gasteiger partial charge in [-0.05, 0) is 81.2 Å². The highest BCUT2D eigenvalue weighted by molar-refractivity contribution is 6.16. The van der Waals surface area contributed by atoms with E-state index in [-0.39, 0.29) is 0 Å². The molecule has 0 spiro atoms. The zero-order chi connectivity index (χ0) is 34.9. The van der Waals surface area contributed by atoms with Crippen molar-refractivity contribution >= 4 is 82.5 Å². The van der Waals surface area contributed by atoms with Crippen LogP contribution in [0, 0.1) is 0 Å². The summed E-state index contributed by atoms with van der Waals surface area (Å²) in [7, 11) is 0. The Labute approximate surface area is 305 Å². The van der Waals surface area contributed by atoms with Gasteiger partial charge in [-0.3, -0.25) is 0 Å². The summed E-state index contributed by atoms with van der Waals surface area (Å²) in [5.41, 5.74) is 11.1. The summed E-state index contributed by atoms with van der Waals surface area (Å²) in [6.45, 7) is 0. The molecule has 0 saturated carbocycles. The van der Waals surface area contributed by atoms with Crippen LogP contribution in [0.25, 0.3) is 87.7 Å². The van der Waals surface area contributed by atoms with Crippen molar-refractivity contribution in [1.29, 1.82) is 0 Å². The molecule has 0 N–H and O–H groups in total. The Morgan fingerprint density at radius 3 is 1.89 bits per heavy atom. The van der Waals surface area contributed by atoms with Crippen LogP contribution in [0.5, 0.6) is 0 Å². The molecule has 3 heteroatoms. The lowest BCUT2D eigenvalue weighted by atomic mass is 9.96. The summed E-state index contributed by atoms with van der Waals surface area (Å²) < 4.78 is 13.2. The van der Waals surface area contributed by atoms with Gasteiger partial charge in [0.05, 0.1) is 16.8 Å². The number of para-hydroxylation sites is 3. The average Bonchev–Trinajstić information content (AvgIpc) is 3.79. The Morgan fingerprint density at radius 1 is 0.340 bits per heavy atom. The Kier molecular flexibility index (Phi) is 6.55. The van der Waals surface area contributed by atoms with Crippen LogP contribution in [0.4, 0.5) is 17.1 Å². The van der Waals surface area contributed by atoms with Crippen LogP contribution in [0.15, 0.2) is 197 Å². The quantitative estimate of drug-likeness (QED) is 0.182. The smallest absolute Gasteiger partial charge is 0.143 e. The van der Waals surface area contributed by atoms with Crippen molar-refractivity contribution in [1.82, 2.24) is 0 Å². The van der Waals surface area contributed by atoms with Gasteiger partial charge in [0.2, 0.25) is 0 Å². The highest BCUT2D eigenvalue weighted by Gasteiger charge is 2.24. The van der Waals surface area contributed by atoms with Gasteiger partial charge in [0.1, 0.15) is 22.3 Å². The van der Waals surface area contributed by atoms with Crippen LogP contribution in [-0.2, 0) is 0 Å². The number of rotatable bonds is 5. The number of hydrogen-bond acceptors (Lipinski definition) is 3. The van der Waals surface area contributed by atoms with Crippen molar-refractivity contribution in [3.8, 4) is 22.3 Å². The van der Waals surface area contributed by atoms with Gasteiger partial charge in [-0.1, -0.05) is 140 Å². The van der Waals surface area contributed by atoms with Crippen LogP contribution < -0.4 is 4.90 Å². The third-order valence-electron chi connectivity index (χ3n) is 10.6. The summed E-state index contributed by atoms with van der Waals surface area (Å²) in [4.78, 5) is 2.39. The van der Waals surface area contributed by atoms with Gasteiger partial charge in [-0.2, -0.15) is 0 Å². The molecular formula is C50H31NO2. The zero-order valence-electron chi connectivity index (χ0n) is 28.7. The van der Waals surface area contributed by atoms with Gasteiger partial charge in [0.15, 0.2) is 0 Å². The summed E-state index contributed by atoms with van der Waals surface area (Å²) in [5.74, 6) is 0. The lowest BCUT2D eigenvalue weighted by Crippen LogP contribution is -2.11. The largest absolute Gasteiger partial charge is 0.456 e. The van der Waals surface area contributed by atoms with Crippen LogP contribution in [-0.4, -0.2) is 0 Å². The molecule has 0 aliphatic rings. The van der Waals surface area contributed by atoms with E-state index in [2.05, 4.69) is 181 Å². The Balaban J connectivity index is 1.19. The monoisotopic (exact) mass is 677 g/mol. The van der Waals surface area contributed by atoms with Crippen molar-refractivity contribution in [3.05, 3.63) is 188 Å². The molecule has 248 valence electrons. The molecule has 0 aliphatic heterocycles. The summed E-state index contributed by atoms with van der Waals surface area (Å²) in [6, 6.07) is 66.8. The number of benzene rings is 9. The van der Waals surface area contributed by atoms with Gasteiger partial charge < -0.3 is 13.7 Å². The van der Waals surface area contributed by atoms with E-state index in [0.29, 0.717) is 0 Å². The third-order valence-corrected chi connectivity index (χ3v) is 10.6. The molecule has 11 rings (SSSR count). The predicted octanol–water partition coefficient (Wildman–Crippen LogP) is 14.6. The van der Waals surface area contributed by atoms with Crippen molar-refractivity contribution in [2.24, 2.45) is 0 Å². The normalized spacial score (nSPS) is 11.8. The molecule has 53 heavy (non-hydrogen) atoms. The first-order valence-electron chi connectivity index (χ1n) is 18.0. The fourth-order valence-electron chi connectivity index (χ4n) is 8.23. The number of anilines is 3. The van der Waals surface area contributed by atoms with Crippen molar-refractivity contribution < 1.29 is 8.83 Å². The Hall–Kier alpha value is -7.10. The van der Waals surface area contributed by atoms with Crippen LogP contribution in [0.2, 0.25) is 0 Å². The predicted molar refractivity (Wildman–Crippen MR) is 222 cm³/mol. The lowest BCUT2D eigenvalue weighted by Gasteiger charge is -2.29. The molecule has 0 saturated heterocycles. The number of nitrogens with zero attached hydrogens (tertiary/aromatic N) is 1. The molecule has 2 heterocycles. The third kappa shape index (κ3) is 4.68. The molecule has 0 bridgehead atoms. The van der Waals surface area contributed by atoms with E-state index < -0.39 is 0 Å². The summed E-state index contributed by atoms with van der Waals surface area (Å²) in [6.07, 6.45) is 0. The fraction of sp³-hybridized carbons (Fsp3) is 0. The van der Waals surface area contributed by atoms with Gasteiger partial charge in [-0.15, -0.1) is 0 Å². The second-order valence-electron chi connectivity index (χ2n) is 13.7. The number of furan rings is 2. The number of fused-ring (bicyclic) bond motifs is 8. The van der Waals surface area contributed by atoms with E-state index >= 15 is 0 Å². The minimum absolute atomic E-state index is 0.850. The van der Waals surface area contributed by atoms with Gasteiger partial charge in [-0.25, -0.2) is 0 Å². The van der Waals surface area contributed by atoms with E-state index in [1.54, 1.807) is 0 Å². The van der Waals surface area contributed by atoms with Gasteiger partial charge in [0, 0.05) is 33.0 Å². The van der Waals surface area contributed by atoms with E-state index in [9.17, 15) is 0 Å². The van der Waals surface area contributed by atoms with Crippen molar-refractivity contribution in [2.75, 3.05) is 4.90 Å². The van der Waals surface area contributed by atoms with E-state index in [1.807, 2.05) is 12.1 Å². The molecule has 3 nitrogen and oxygen atoms in total. The minimum atomic E-state index is 0.850. The molecule has 0 amide bonds. The molecule has 0 atom stereocenters. The fourth-order valence-corrected chi connectivity index (χ4v) is 8.23. The van der Waals surface area contributed by atoms with Gasteiger partial charge >= 0.3 is 0 Å². The molecule has 0 aliphatic carbocycles. The van der Waals surface area contributed by atoms with Crippen molar-refractivity contribution in [3.63, 3.8) is 0 Å². The average molecular weight is 678 g/mol. The van der Waals surface area contributed by atoms with E-state index in [0.717, 1.165) is 77.6 Å². The molecule has 11 aromatic rings. The van der Waals surface area contributed by atoms with E-state index in [1.165, 1.54) is 27.1 Å². The summed E-state index contributed by atoms with van der Waals surface area (Å²) >= 11 is 0. The van der Waals surface area contributed by atoms with Crippen LogP contribution >= 0.6 is 0 Å². The summed E-state index contributed by atoms with van der Waals surface area (Å²) in [5, 5.41) is 9.19. The SMILES string of the molecule is c1cc(-c2cccc3ccccc23)cc(N(c2ccccc2-c2cccc3c2oc2cc4ccccc4cc23)c2cccc3oc4ccccc4c23)c1. The maximum Gasteiger partial charge on any atom is 0.143 e. The molecule has 2 aromatic heterocycles. The van der Waals surface area contributed by atoms with Crippen LogP contribution in [0.1, 0.15) is 0 Å². The topological polar surface area (TPSA) is 29.5 Å². The maximum absolute atomic E-state index is 6.79. The molecular weight excluding hydrogens is 647 g/mol. The first-order chi connectivity index (χ1) is 26.3. The maximum atomic E-state index is 6.79. The second kappa shape index (κ2) is 11.7. The molecule has 0 radical (unpaired) electrons. The highest BCUT2D eigenvalue weighted by atomic mass is 16.3. The van der Waals surface area contributed by atoms with Crippen LogP contribution in [0.3, 0.4) is 0 Å². The standard InChI is InChI=1S/C50H31NO2/c1-2-15-34-31-48-43(30-33(34)14-1)41-24-11-23-40(50(41)53-48)39-20-5-7-25-44(39)51(45-26-12-28-47-49(45)42-21-6-8-27-46(42)52-47)36-18-9-17-35(29-36)38-22-10-16-32-13-3-4-19-37(32)38/h1-31H. The second-order valence-corrected chi connectivity index (χ2v) is 13.7. The van der Waals surface area contributed by atoms with Gasteiger partial charge in [0.25, 0.3) is 0 Å². The van der Waals surface area contributed by atoms with Crippen molar-refractivity contribution in [2.45, 2.75) is 0 Å². The molecule has 0 fully saturated rings. The first-order valence-corrected chi connectivity index (χ1v) is 18.0. The lowest BCUT2D eigenvalue weighted by molar-refractivity contribution is 0.669. The molecule has 9 aromatic carbocycles. The highest BCUT2D eigenvalue weighted by Crippen LogP contribution is 2.48. The minimum Gasteiger partial charge on any atom is -0.456 e. The first kappa shape index (κ1) is 29.6. The Bertz CT molecular complexity index is 3200. The Morgan fingerprint density at radius 2 is 0.962 bits per heavy atom. The molecule has 0 unspecified atom stereocenters. The number of hydrogen-bond donors (Lipinski definition) is 0.